The highest BCUT2D eigenvalue weighted by Crippen LogP contribution is 2.40. The Hall–Kier alpha value is -3.26. The van der Waals surface area contributed by atoms with Gasteiger partial charge in [0, 0.05) is 50.8 Å². The smallest absolute Gasteiger partial charge is 0.253 e. The van der Waals surface area contributed by atoms with Gasteiger partial charge in [-0.3, -0.25) is 14.4 Å². The monoisotopic (exact) mass is 471 g/mol. The van der Waals surface area contributed by atoms with Crippen LogP contribution < -0.4 is 14.4 Å². The number of nitrogens with zero attached hydrogens (tertiary/aromatic N) is 3. The van der Waals surface area contributed by atoms with E-state index in [-0.39, 0.29) is 30.7 Å². The van der Waals surface area contributed by atoms with Crippen molar-refractivity contribution >= 4 is 35.0 Å². The number of carbonyl (C=O) groups is 3. The lowest BCUT2D eigenvalue weighted by Crippen LogP contribution is -2.52. The number of piperazine rings is 1. The van der Waals surface area contributed by atoms with Gasteiger partial charge >= 0.3 is 0 Å². The first-order valence-electron chi connectivity index (χ1n) is 10.8. The van der Waals surface area contributed by atoms with Crippen LogP contribution in [0.5, 0.6) is 11.5 Å². The van der Waals surface area contributed by atoms with Crippen molar-refractivity contribution in [2.45, 2.75) is 6.42 Å². The number of hydrogen-bond acceptors (Lipinski definition) is 5. The molecule has 2 aromatic carbocycles. The predicted molar refractivity (Wildman–Crippen MR) is 124 cm³/mol. The lowest BCUT2D eigenvalue weighted by Gasteiger charge is -2.36. The van der Waals surface area contributed by atoms with Gasteiger partial charge in [-0.2, -0.15) is 0 Å². The van der Waals surface area contributed by atoms with E-state index < -0.39 is 5.92 Å². The molecule has 2 saturated heterocycles. The summed E-state index contributed by atoms with van der Waals surface area (Å²) in [7, 11) is 3.01. The fourth-order valence-electron chi connectivity index (χ4n) is 4.31. The van der Waals surface area contributed by atoms with Crippen molar-refractivity contribution in [1.29, 1.82) is 0 Å². The summed E-state index contributed by atoms with van der Waals surface area (Å²) in [6.45, 7) is 2.07. The molecule has 2 aromatic rings. The zero-order valence-electron chi connectivity index (χ0n) is 18.6. The summed E-state index contributed by atoms with van der Waals surface area (Å²) in [5.74, 6) is 0.167. The first-order chi connectivity index (χ1) is 15.9. The van der Waals surface area contributed by atoms with Crippen LogP contribution in [-0.4, -0.2) is 74.5 Å². The summed E-state index contributed by atoms with van der Waals surface area (Å²) in [6.07, 6.45) is 0.120. The summed E-state index contributed by atoms with van der Waals surface area (Å²) < 4.78 is 10.6. The fourth-order valence-corrected chi connectivity index (χ4v) is 4.55. The average Bonchev–Trinajstić information content (AvgIpc) is 3.24. The molecule has 2 heterocycles. The number of carbonyl (C=O) groups excluding carboxylic acids is 3. The largest absolute Gasteiger partial charge is 0.495 e. The lowest BCUT2D eigenvalue weighted by molar-refractivity contribution is -0.137. The molecule has 1 atom stereocenters. The van der Waals surface area contributed by atoms with Crippen molar-refractivity contribution in [3.05, 3.63) is 53.1 Å². The molecule has 2 aliphatic rings. The van der Waals surface area contributed by atoms with Gasteiger partial charge in [0.1, 0.15) is 11.5 Å². The van der Waals surface area contributed by atoms with Gasteiger partial charge in [0.25, 0.3) is 5.91 Å². The van der Waals surface area contributed by atoms with Crippen LogP contribution in [0.15, 0.2) is 42.5 Å². The zero-order valence-corrected chi connectivity index (χ0v) is 19.4. The van der Waals surface area contributed by atoms with Crippen LogP contribution in [0.2, 0.25) is 5.02 Å². The van der Waals surface area contributed by atoms with E-state index in [0.717, 1.165) is 0 Å². The summed E-state index contributed by atoms with van der Waals surface area (Å²) in [6, 6.07) is 12.4. The number of methoxy groups -OCH3 is 2. The molecule has 8 nitrogen and oxygen atoms in total. The van der Waals surface area contributed by atoms with E-state index in [1.54, 1.807) is 39.0 Å². The van der Waals surface area contributed by atoms with Crippen LogP contribution in [0, 0.1) is 5.92 Å². The highest BCUT2D eigenvalue weighted by Gasteiger charge is 2.39. The third kappa shape index (κ3) is 4.61. The standard InChI is InChI=1S/C24H26ClN3O5/c1-32-20-14-21(33-2)19(13-18(20)25)28-15-17(12-22(28)29)24(31)27-10-8-26(9-11-27)23(30)16-6-4-3-5-7-16/h3-7,13-14,17H,8-12,15H2,1-2H3/t17-/m0/s1. The average molecular weight is 472 g/mol. The maximum Gasteiger partial charge on any atom is 0.253 e. The summed E-state index contributed by atoms with van der Waals surface area (Å²) >= 11 is 6.26. The van der Waals surface area contributed by atoms with Gasteiger partial charge in [0.15, 0.2) is 0 Å². The molecule has 0 saturated carbocycles. The van der Waals surface area contributed by atoms with Crippen LogP contribution in [-0.2, 0) is 9.59 Å². The summed E-state index contributed by atoms with van der Waals surface area (Å²) in [5, 5.41) is 0.357. The van der Waals surface area contributed by atoms with Crippen LogP contribution >= 0.6 is 11.6 Å². The number of rotatable bonds is 5. The highest BCUT2D eigenvalue weighted by atomic mass is 35.5. The molecule has 9 heteroatoms. The molecule has 0 aromatic heterocycles. The second kappa shape index (κ2) is 9.70. The number of halogens is 1. The number of hydrogen-bond donors (Lipinski definition) is 0. The molecule has 3 amide bonds. The number of benzene rings is 2. The third-order valence-electron chi connectivity index (χ3n) is 6.12. The summed E-state index contributed by atoms with van der Waals surface area (Å²) in [4.78, 5) is 43.6. The van der Waals surface area contributed by atoms with Gasteiger partial charge < -0.3 is 24.2 Å². The molecule has 0 bridgehead atoms. The van der Waals surface area contributed by atoms with Gasteiger partial charge in [-0.25, -0.2) is 0 Å². The fraction of sp³-hybridized carbons (Fsp3) is 0.375. The first kappa shape index (κ1) is 22.9. The Morgan fingerprint density at radius 3 is 2.21 bits per heavy atom. The van der Waals surface area contributed by atoms with Crippen molar-refractivity contribution in [2.75, 3.05) is 51.8 Å². The molecule has 0 aliphatic carbocycles. The Bertz CT molecular complexity index is 1050. The second-order valence-electron chi connectivity index (χ2n) is 8.05. The SMILES string of the molecule is COc1cc(OC)c(N2C[C@@H](C(=O)N3CCN(C(=O)c4ccccc4)CC3)CC2=O)cc1Cl. The molecular weight excluding hydrogens is 446 g/mol. The second-order valence-corrected chi connectivity index (χ2v) is 8.45. The van der Waals surface area contributed by atoms with Crippen molar-refractivity contribution in [1.82, 2.24) is 9.80 Å². The molecule has 2 aliphatic heterocycles. The maximum absolute atomic E-state index is 13.2. The molecule has 0 unspecified atom stereocenters. The van der Waals surface area contributed by atoms with Crippen LogP contribution in [0.1, 0.15) is 16.8 Å². The third-order valence-corrected chi connectivity index (χ3v) is 6.41. The van der Waals surface area contributed by atoms with E-state index in [1.165, 1.54) is 14.2 Å². The van der Waals surface area contributed by atoms with E-state index in [0.29, 0.717) is 54.0 Å². The van der Waals surface area contributed by atoms with E-state index in [4.69, 9.17) is 21.1 Å². The lowest BCUT2D eigenvalue weighted by atomic mass is 10.1. The normalized spacial score (nSPS) is 18.5. The van der Waals surface area contributed by atoms with Crippen molar-refractivity contribution in [3.8, 4) is 11.5 Å². The molecular formula is C24H26ClN3O5. The molecule has 0 radical (unpaired) electrons. The number of anilines is 1. The van der Waals surface area contributed by atoms with Crippen LogP contribution in [0.25, 0.3) is 0 Å². The molecule has 174 valence electrons. The van der Waals surface area contributed by atoms with Gasteiger partial charge in [0.2, 0.25) is 11.8 Å². The van der Waals surface area contributed by atoms with Crippen molar-refractivity contribution in [2.24, 2.45) is 5.92 Å². The maximum atomic E-state index is 13.2. The van der Waals surface area contributed by atoms with E-state index >= 15 is 0 Å². The molecule has 33 heavy (non-hydrogen) atoms. The minimum absolute atomic E-state index is 0.0339. The van der Waals surface area contributed by atoms with Crippen molar-refractivity contribution in [3.63, 3.8) is 0 Å². The Morgan fingerprint density at radius 1 is 0.939 bits per heavy atom. The highest BCUT2D eigenvalue weighted by molar-refractivity contribution is 6.32. The van der Waals surface area contributed by atoms with Crippen LogP contribution in [0.4, 0.5) is 5.69 Å². The Labute approximate surface area is 197 Å². The Kier molecular flexibility index (Phi) is 6.74. The Balaban J connectivity index is 1.40. The zero-order chi connectivity index (χ0) is 23.5. The molecule has 4 rings (SSSR count). The van der Waals surface area contributed by atoms with Gasteiger partial charge in [-0.05, 0) is 18.2 Å². The van der Waals surface area contributed by atoms with Crippen LogP contribution in [0.3, 0.4) is 0 Å². The van der Waals surface area contributed by atoms with Gasteiger partial charge in [-0.15, -0.1) is 0 Å². The van der Waals surface area contributed by atoms with E-state index in [2.05, 4.69) is 0 Å². The van der Waals surface area contributed by atoms with Crippen molar-refractivity contribution < 1.29 is 23.9 Å². The van der Waals surface area contributed by atoms with E-state index in [1.807, 2.05) is 18.2 Å². The van der Waals surface area contributed by atoms with E-state index in [9.17, 15) is 14.4 Å². The number of ether oxygens (including phenoxy) is 2. The minimum Gasteiger partial charge on any atom is -0.495 e. The first-order valence-corrected chi connectivity index (χ1v) is 11.2. The summed E-state index contributed by atoms with van der Waals surface area (Å²) in [5.41, 5.74) is 1.16. The topological polar surface area (TPSA) is 79.4 Å². The Morgan fingerprint density at radius 2 is 1.58 bits per heavy atom. The van der Waals surface area contributed by atoms with Gasteiger partial charge in [0.05, 0.1) is 30.8 Å². The quantitative estimate of drug-likeness (QED) is 0.670. The number of amides is 3. The predicted octanol–water partition coefficient (Wildman–Crippen LogP) is 2.69. The minimum atomic E-state index is -0.459. The molecule has 0 spiro atoms. The molecule has 0 N–H and O–H groups in total. The van der Waals surface area contributed by atoms with Gasteiger partial charge in [-0.1, -0.05) is 29.8 Å². The molecule has 2 fully saturated rings.